The first-order chi connectivity index (χ1) is 3.93. The molecule has 1 aliphatic rings. The van der Waals surface area contributed by atoms with E-state index in [2.05, 4.69) is 17.5 Å². The number of nitrogens with one attached hydrogen (secondary N) is 1. The van der Waals surface area contributed by atoms with Crippen LogP contribution in [0.4, 0.5) is 0 Å². The number of thioether (sulfide) groups is 1. The number of nitrogens with zero attached hydrogens (tertiary/aromatic N) is 1. The zero-order valence-corrected chi connectivity index (χ0v) is 5.79. The molecule has 0 aliphatic carbocycles. The molecule has 0 spiro atoms. The Hall–Kier alpha value is -0.180. The van der Waals surface area contributed by atoms with E-state index in [1.54, 1.807) is 11.8 Å². The molecule has 2 nitrogen and oxygen atoms in total. The van der Waals surface area contributed by atoms with Crippen LogP contribution in [0.25, 0.3) is 0 Å². The number of rotatable bonds is 2. The van der Waals surface area contributed by atoms with E-state index in [4.69, 9.17) is 0 Å². The molecule has 0 aromatic carbocycles. The minimum atomic E-state index is 0.968. The second-order valence-electron chi connectivity index (χ2n) is 1.70. The largest absolute Gasteiger partial charge is 0.299 e. The average molecular weight is 130 g/mol. The molecule has 1 aliphatic heterocycles. The van der Waals surface area contributed by atoms with Crippen LogP contribution < -0.4 is 5.43 Å². The molecular weight excluding hydrogens is 120 g/mol. The van der Waals surface area contributed by atoms with Gasteiger partial charge in [0.15, 0.2) is 0 Å². The highest BCUT2D eigenvalue weighted by Crippen LogP contribution is 2.11. The average Bonchev–Trinajstić information content (AvgIpc) is 2.19. The molecule has 0 bridgehead atoms. The SMILES string of the molecule is CCCC1=NNCS1. The van der Waals surface area contributed by atoms with Crippen LogP contribution in [0, 0.1) is 0 Å². The molecule has 0 unspecified atom stereocenters. The van der Waals surface area contributed by atoms with Gasteiger partial charge in [0.1, 0.15) is 0 Å². The molecule has 1 heterocycles. The first-order valence-corrected chi connectivity index (χ1v) is 3.84. The maximum absolute atomic E-state index is 4.06. The summed E-state index contributed by atoms with van der Waals surface area (Å²) < 4.78 is 0. The fraction of sp³-hybridized carbons (Fsp3) is 0.800. The molecule has 0 amide bonds. The van der Waals surface area contributed by atoms with Gasteiger partial charge in [-0.15, -0.1) is 0 Å². The van der Waals surface area contributed by atoms with E-state index in [9.17, 15) is 0 Å². The zero-order valence-electron chi connectivity index (χ0n) is 4.98. The van der Waals surface area contributed by atoms with Crippen LogP contribution in [0.15, 0.2) is 5.10 Å². The standard InChI is InChI=1S/C5H10N2S/c1-2-3-5-7-6-4-8-5/h6H,2-4H2,1H3. The molecule has 0 aromatic heterocycles. The Labute approximate surface area is 53.7 Å². The van der Waals surface area contributed by atoms with Crippen LogP contribution in [0.1, 0.15) is 19.8 Å². The van der Waals surface area contributed by atoms with E-state index in [1.807, 2.05) is 0 Å². The van der Waals surface area contributed by atoms with Crippen molar-refractivity contribution >= 4 is 16.8 Å². The fourth-order valence-electron chi connectivity index (χ4n) is 0.610. The van der Waals surface area contributed by atoms with Gasteiger partial charge < -0.3 is 0 Å². The third kappa shape index (κ3) is 1.40. The van der Waals surface area contributed by atoms with Crippen LogP contribution in [-0.2, 0) is 0 Å². The maximum Gasteiger partial charge on any atom is 0.0949 e. The Morgan fingerprint density at radius 2 is 2.75 bits per heavy atom. The summed E-state index contributed by atoms with van der Waals surface area (Å²) in [6.45, 7) is 2.17. The predicted molar refractivity (Wildman–Crippen MR) is 37.9 cm³/mol. The van der Waals surface area contributed by atoms with Crippen molar-refractivity contribution in [2.75, 3.05) is 5.88 Å². The van der Waals surface area contributed by atoms with Gasteiger partial charge >= 0.3 is 0 Å². The van der Waals surface area contributed by atoms with Crippen LogP contribution in [0.2, 0.25) is 0 Å². The minimum absolute atomic E-state index is 0.968. The van der Waals surface area contributed by atoms with Crippen molar-refractivity contribution in [3.05, 3.63) is 0 Å². The third-order valence-corrected chi connectivity index (χ3v) is 1.87. The van der Waals surface area contributed by atoms with Crippen molar-refractivity contribution in [2.24, 2.45) is 5.10 Å². The maximum atomic E-state index is 4.06. The van der Waals surface area contributed by atoms with Crippen molar-refractivity contribution in [1.82, 2.24) is 5.43 Å². The second-order valence-corrected chi connectivity index (χ2v) is 2.75. The molecule has 8 heavy (non-hydrogen) atoms. The quantitative estimate of drug-likeness (QED) is 0.611. The third-order valence-electron chi connectivity index (χ3n) is 0.971. The highest BCUT2D eigenvalue weighted by atomic mass is 32.2. The van der Waals surface area contributed by atoms with Gasteiger partial charge in [-0.3, -0.25) is 5.43 Å². The van der Waals surface area contributed by atoms with E-state index < -0.39 is 0 Å². The zero-order chi connectivity index (χ0) is 5.82. The number of hydrogen-bond acceptors (Lipinski definition) is 3. The van der Waals surface area contributed by atoms with Crippen molar-refractivity contribution in [1.29, 1.82) is 0 Å². The summed E-state index contributed by atoms with van der Waals surface area (Å²) in [5, 5.41) is 5.31. The molecule has 0 fully saturated rings. The first-order valence-electron chi connectivity index (χ1n) is 2.85. The molecule has 0 atom stereocenters. The Balaban J connectivity index is 2.23. The van der Waals surface area contributed by atoms with Gasteiger partial charge in [0.25, 0.3) is 0 Å². The van der Waals surface area contributed by atoms with Crippen LogP contribution in [0.5, 0.6) is 0 Å². The molecular formula is C5H10N2S. The molecule has 1 rings (SSSR count). The normalized spacial score (nSPS) is 17.9. The molecule has 0 radical (unpaired) electrons. The van der Waals surface area contributed by atoms with Gasteiger partial charge in [0.2, 0.25) is 0 Å². The molecule has 3 heteroatoms. The summed E-state index contributed by atoms with van der Waals surface area (Å²) in [5.74, 6) is 0.968. The Bertz CT molecular complexity index is 101. The van der Waals surface area contributed by atoms with Crippen molar-refractivity contribution in [3.63, 3.8) is 0 Å². The molecule has 0 saturated carbocycles. The van der Waals surface area contributed by atoms with Gasteiger partial charge in [-0.2, -0.15) is 5.10 Å². The van der Waals surface area contributed by atoms with Gasteiger partial charge in [-0.1, -0.05) is 18.7 Å². The topological polar surface area (TPSA) is 24.4 Å². The minimum Gasteiger partial charge on any atom is -0.299 e. The smallest absolute Gasteiger partial charge is 0.0949 e. The fourth-order valence-corrected chi connectivity index (χ4v) is 1.38. The van der Waals surface area contributed by atoms with Crippen molar-refractivity contribution in [2.45, 2.75) is 19.8 Å². The Kier molecular flexibility index (Phi) is 2.21. The highest BCUT2D eigenvalue weighted by Gasteiger charge is 2.03. The van der Waals surface area contributed by atoms with Gasteiger partial charge in [0, 0.05) is 0 Å². The molecule has 46 valence electrons. The van der Waals surface area contributed by atoms with Crippen molar-refractivity contribution in [3.8, 4) is 0 Å². The predicted octanol–water partition coefficient (Wildman–Crippen LogP) is 1.39. The molecule has 0 saturated heterocycles. The Morgan fingerprint density at radius 1 is 1.88 bits per heavy atom. The highest BCUT2D eigenvalue weighted by molar-refractivity contribution is 8.14. The van der Waals surface area contributed by atoms with E-state index in [-0.39, 0.29) is 0 Å². The monoisotopic (exact) mass is 130 g/mol. The van der Waals surface area contributed by atoms with Crippen LogP contribution >= 0.6 is 11.8 Å². The summed E-state index contributed by atoms with van der Waals surface area (Å²) in [5.41, 5.74) is 2.91. The number of hydrazone groups is 1. The van der Waals surface area contributed by atoms with Crippen LogP contribution in [0.3, 0.4) is 0 Å². The summed E-state index contributed by atoms with van der Waals surface area (Å²) in [7, 11) is 0. The van der Waals surface area contributed by atoms with E-state index in [1.165, 1.54) is 11.5 Å². The summed E-state index contributed by atoms with van der Waals surface area (Å²) >= 11 is 1.81. The van der Waals surface area contributed by atoms with Crippen molar-refractivity contribution < 1.29 is 0 Å². The summed E-state index contributed by atoms with van der Waals surface area (Å²) in [6.07, 6.45) is 2.34. The first kappa shape index (κ1) is 5.95. The lowest BCUT2D eigenvalue weighted by Crippen LogP contribution is -1.93. The lowest BCUT2D eigenvalue weighted by Gasteiger charge is -1.88. The lowest BCUT2D eigenvalue weighted by molar-refractivity contribution is 0.881. The number of hydrogen-bond donors (Lipinski definition) is 1. The van der Waals surface area contributed by atoms with Gasteiger partial charge in [0.05, 0.1) is 10.9 Å². The summed E-state index contributed by atoms with van der Waals surface area (Å²) in [6, 6.07) is 0. The molecule has 0 aromatic rings. The second kappa shape index (κ2) is 2.97. The van der Waals surface area contributed by atoms with Crippen LogP contribution in [-0.4, -0.2) is 10.9 Å². The molecule has 1 N–H and O–H groups in total. The van der Waals surface area contributed by atoms with Gasteiger partial charge in [-0.05, 0) is 12.8 Å². The Morgan fingerprint density at radius 3 is 3.25 bits per heavy atom. The lowest BCUT2D eigenvalue weighted by atomic mass is 10.4. The van der Waals surface area contributed by atoms with E-state index in [0.29, 0.717) is 0 Å². The van der Waals surface area contributed by atoms with E-state index >= 15 is 0 Å². The van der Waals surface area contributed by atoms with Gasteiger partial charge in [-0.25, -0.2) is 0 Å². The van der Waals surface area contributed by atoms with E-state index in [0.717, 1.165) is 12.3 Å². The summed E-state index contributed by atoms with van der Waals surface area (Å²) in [4.78, 5) is 0.